The highest BCUT2D eigenvalue weighted by molar-refractivity contribution is 7.92. The first kappa shape index (κ1) is 21.5. The average Bonchev–Trinajstić information content (AvgIpc) is 2.74. The van der Waals surface area contributed by atoms with Crippen molar-refractivity contribution in [1.82, 2.24) is 0 Å². The maximum atomic E-state index is 12.9. The van der Waals surface area contributed by atoms with Crippen molar-refractivity contribution in [2.45, 2.75) is 4.90 Å². The third kappa shape index (κ3) is 4.84. The van der Waals surface area contributed by atoms with E-state index in [0.29, 0.717) is 17.2 Å². The lowest BCUT2D eigenvalue weighted by molar-refractivity contribution is 0.102. The number of para-hydroxylation sites is 1. The monoisotopic (exact) mass is 446 g/mol. The second-order valence-corrected chi connectivity index (χ2v) is 8.25. The number of amides is 1. The molecule has 9 heteroatoms. The molecule has 0 aliphatic heterocycles. The lowest BCUT2D eigenvalue weighted by Gasteiger charge is -2.15. The maximum absolute atomic E-state index is 12.9. The van der Waals surface area contributed by atoms with Gasteiger partial charge in [-0.1, -0.05) is 29.8 Å². The molecule has 0 fully saturated rings. The van der Waals surface area contributed by atoms with E-state index in [2.05, 4.69) is 10.0 Å². The van der Waals surface area contributed by atoms with Gasteiger partial charge in [0.15, 0.2) is 0 Å². The van der Waals surface area contributed by atoms with E-state index in [0.717, 1.165) is 0 Å². The van der Waals surface area contributed by atoms with Crippen LogP contribution in [-0.4, -0.2) is 28.5 Å². The number of sulfonamides is 1. The van der Waals surface area contributed by atoms with Crippen molar-refractivity contribution in [1.29, 1.82) is 0 Å². The predicted molar refractivity (Wildman–Crippen MR) is 116 cm³/mol. The highest BCUT2D eigenvalue weighted by atomic mass is 35.5. The van der Waals surface area contributed by atoms with Crippen LogP contribution in [0.5, 0.6) is 11.5 Å². The minimum absolute atomic E-state index is 0.0120. The fourth-order valence-electron chi connectivity index (χ4n) is 2.70. The number of nitrogens with one attached hydrogen (secondary N) is 2. The van der Waals surface area contributed by atoms with E-state index < -0.39 is 15.9 Å². The summed E-state index contributed by atoms with van der Waals surface area (Å²) in [6.45, 7) is 0. The van der Waals surface area contributed by atoms with Crippen molar-refractivity contribution >= 4 is 38.9 Å². The summed E-state index contributed by atoms with van der Waals surface area (Å²) in [6.07, 6.45) is 0. The van der Waals surface area contributed by atoms with Crippen molar-refractivity contribution in [3.05, 3.63) is 77.3 Å². The quantitative estimate of drug-likeness (QED) is 0.560. The Kier molecular flexibility index (Phi) is 6.49. The molecule has 1 amide bonds. The van der Waals surface area contributed by atoms with E-state index in [-0.39, 0.29) is 21.2 Å². The number of hydrogen-bond acceptors (Lipinski definition) is 5. The van der Waals surface area contributed by atoms with Gasteiger partial charge in [-0.05, 0) is 42.5 Å². The molecule has 0 radical (unpaired) electrons. The smallest absolute Gasteiger partial charge is 0.261 e. The number of ether oxygens (including phenoxy) is 2. The Morgan fingerprint density at radius 3 is 2.37 bits per heavy atom. The number of anilines is 2. The van der Waals surface area contributed by atoms with E-state index >= 15 is 0 Å². The van der Waals surface area contributed by atoms with Gasteiger partial charge in [0, 0.05) is 11.1 Å². The average molecular weight is 447 g/mol. The molecule has 0 aliphatic carbocycles. The summed E-state index contributed by atoms with van der Waals surface area (Å²) in [5.74, 6) is 0.460. The fourth-order valence-corrected chi connectivity index (χ4v) is 4.08. The number of methoxy groups -OCH3 is 2. The van der Waals surface area contributed by atoms with Crippen LogP contribution in [0.2, 0.25) is 5.02 Å². The SMILES string of the molecule is COc1ccc(NC(=O)c2ccccc2NS(=O)(=O)c2cccc(Cl)c2)c(OC)c1. The number of carbonyl (C=O) groups is 1. The van der Waals surface area contributed by atoms with Gasteiger partial charge in [-0.2, -0.15) is 0 Å². The molecule has 2 N–H and O–H groups in total. The highest BCUT2D eigenvalue weighted by Gasteiger charge is 2.20. The summed E-state index contributed by atoms with van der Waals surface area (Å²) in [6, 6.07) is 17.1. The van der Waals surface area contributed by atoms with Gasteiger partial charge in [0.1, 0.15) is 11.5 Å². The van der Waals surface area contributed by atoms with Crippen LogP contribution in [-0.2, 0) is 10.0 Å². The first-order chi connectivity index (χ1) is 14.3. The lowest BCUT2D eigenvalue weighted by Crippen LogP contribution is -2.19. The van der Waals surface area contributed by atoms with Crippen molar-refractivity contribution in [2.24, 2.45) is 0 Å². The van der Waals surface area contributed by atoms with Crippen molar-refractivity contribution in [3.8, 4) is 11.5 Å². The third-order valence-corrected chi connectivity index (χ3v) is 5.78. The summed E-state index contributed by atoms with van der Waals surface area (Å²) in [7, 11) is -0.949. The summed E-state index contributed by atoms with van der Waals surface area (Å²) in [5.41, 5.74) is 0.680. The number of rotatable bonds is 7. The molecule has 3 aromatic rings. The van der Waals surface area contributed by atoms with E-state index in [4.69, 9.17) is 21.1 Å². The summed E-state index contributed by atoms with van der Waals surface area (Å²) in [5, 5.41) is 3.02. The van der Waals surface area contributed by atoms with E-state index in [1.807, 2.05) is 0 Å². The molecular formula is C21H19ClN2O5S. The lowest BCUT2D eigenvalue weighted by atomic mass is 10.1. The van der Waals surface area contributed by atoms with Crippen molar-refractivity contribution in [3.63, 3.8) is 0 Å². The summed E-state index contributed by atoms with van der Waals surface area (Å²) < 4.78 is 38.3. The van der Waals surface area contributed by atoms with Gasteiger partial charge in [0.05, 0.1) is 36.1 Å². The topological polar surface area (TPSA) is 93.7 Å². The number of benzene rings is 3. The molecule has 0 saturated carbocycles. The van der Waals surface area contributed by atoms with E-state index in [1.54, 1.807) is 36.4 Å². The van der Waals surface area contributed by atoms with Crippen LogP contribution in [0.15, 0.2) is 71.6 Å². The largest absolute Gasteiger partial charge is 0.497 e. The van der Waals surface area contributed by atoms with Crippen molar-refractivity contribution in [2.75, 3.05) is 24.3 Å². The number of carbonyl (C=O) groups excluding carboxylic acids is 1. The van der Waals surface area contributed by atoms with E-state index in [9.17, 15) is 13.2 Å². The molecule has 3 rings (SSSR count). The molecule has 7 nitrogen and oxygen atoms in total. The van der Waals surface area contributed by atoms with Crippen LogP contribution in [0, 0.1) is 0 Å². The molecule has 0 heterocycles. The van der Waals surface area contributed by atoms with Crippen LogP contribution < -0.4 is 19.5 Å². The van der Waals surface area contributed by atoms with Gasteiger partial charge >= 0.3 is 0 Å². The molecule has 3 aromatic carbocycles. The van der Waals surface area contributed by atoms with Crippen LogP contribution in [0.25, 0.3) is 0 Å². The highest BCUT2D eigenvalue weighted by Crippen LogP contribution is 2.30. The Labute approximate surface area is 179 Å². The molecule has 0 spiro atoms. The zero-order chi connectivity index (χ0) is 21.7. The summed E-state index contributed by atoms with van der Waals surface area (Å²) in [4.78, 5) is 12.9. The Bertz CT molecular complexity index is 1180. The molecule has 156 valence electrons. The Morgan fingerprint density at radius 1 is 0.900 bits per heavy atom. The Hall–Kier alpha value is -3.23. The first-order valence-electron chi connectivity index (χ1n) is 8.75. The molecule has 30 heavy (non-hydrogen) atoms. The fraction of sp³-hybridized carbons (Fsp3) is 0.0952. The maximum Gasteiger partial charge on any atom is 0.261 e. The first-order valence-corrected chi connectivity index (χ1v) is 10.6. The zero-order valence-electron chi connectivity index (χ0n) is 16.2. The molecule has 0 unspecified atom stereocenters. The van der Waals surface area contributed by atoms with Gasteiger partial charge in [-0.25, -0.2) is 8.42 Å². The van der Waals surface area contributed by atoms with Crippen LogP contribution in [0.3, 0.4) is 0 Å². The van der Waals surface area contributed by atoms with Crippen LogP contribution in [0.1, 0.15) is 10.4 Å². The molecular weight excluding hydrogens is 428 g/mol. The molecule has 0 aromatic heterocycles. The predicted octanol–water partition coefficient (Wildman–Crippen LogP) is 4.41. The zero-order valence-corrected chi connectivity index (χ0v) is 17.8. The molecule has 0 atom stereocenters. The standard InChI is InChI=1S/C21H19ClN2O5S/c1-28-15-10-11-19(20(13-15)29-2)23-21(25)17-8-3-4-9-18(17)24-30(26,27)16-7-5-6-14(22)12-16/h3-13,24H,1-2H3,(H,23,25). The molecule has 0 bridgehead atoms. The second-order valence-electron chi connectivity index (χ2n) is 6.13. The van der Waals surface area contributed by atoms with Gasteiger partial charge in [-0.3, -0.25) is 9.52 Å². The van der Waals surface area contributed by atoms with Crippen LogP contribution >= 0.6 is 11.6 Å². The number of halogens is 1. The van der Waals surface area contributed by atoms with Gasteiger partial charge in [0.2, 0.25) is 0 Å². The Balaban J connectivity index is 1.89. The Morgan fingerprint density at radius 2 is 1.67 bits per heavy atom. The van der Waals surface area contributed by atoms with E-state index in [1.165, 1.54) is 44.6 Å². The normalized spacial score (nSPS) is 10.9. The van der Waals surface area contributed by atoms with Crippen LogP contribution in [0.4, 0.5) is 11.4 Å². The minimum atomic E-state index is -3.94. The minimum Gasteiger partial charge on any atom is -0.497 e. The van der Waals surface area contributed by atoms with Crippen molar-refractivity contribution < 1.29 is 22.7 Å². The van der Waals surface area contributed by atoms with Gasteiger partial charge in [-0.15, -0.1) is 0 Å². The number of hydrogen-bond donors (Lipinski definition) is 2. The van der Waals surface area contributed by atoms with Gasteiger partial charge < -0.3 is 14.8 Å². The molecule has 0 aliphatic rings. The second kappa shape index (κ2) is 9.06. The summed E-state index contributed by atoms with van der Waals surface area (Å²) >= 11 is 5.90. The molecule has 0 saturated heterocycles. The third-order valence-electron chi connectivity index (χ3n) is 4.18. The van der Waals surface area contributed by atoms with Gasteiger partial charge in [0.25, 0.3) is 15.9 Å².